The molecule has 2 heterocycles. The van der Waals surface area contributed by atoms with Crippen molar-refractivity contribution < 1.29 is 27.5 Å². The summed E-state index contributed by atoms with van der Waals surface area (Å²) < 4.78 is 34.5. The van der Waals surface area contributed by atoms with Crippen LogP contribution in [0.15, 0.2) is 29.2 Å². The van der Waals surface area contributed by atoms with E-state index in [4.69, 9.17) is 9.47 Å². The van der Waals surface area contributed by atoms with Crippen LogP contribution in [0, 0.1) is 0 Å². The molecule has 162 valence electrons. The normalized spacial score (nSPS) is 14.6. The molecule has 7 nitrogen and oxygen atoms in total. The van der Waals surface area contributed by atoms with E-state index >= 15 is 0 Å². The maximum atomic E-state index is 12.5. The molecule has 0 saturated heterocycles. The summed E-state index contributed by atoms with van der Waals surface area (Å²) in [5, 5.41) is 3.13. The third kappa shape index (κ3) is 5.55. The number of fused-ring (bicyclic) bond motifs is 1. The van der Waals surface area contributed by atoms with Crippen molar-refractivity contribution in [1.82, 2.24) is 0 Å². The second-order valence-corrected chi connectivity index (χ2v) is 10.8. The molecule has 1 aromatic carbocycles. The summed E-state index contributed by atoms with van der Waals surface area (Å²) in [6, 6.07) is 7.44. The minimum atomic E-state index is -3.19. The lowest BCUT2D eigenvalue weighted by Crippen LogP contribution is -2.20. The van der Waals surface area contributed by atoms with E-state index in [1.54, 1.807) is 6.92 Å². The van der Waals surface area contributed by atoms with Gasteiger partial charge in [-0.3, -0.25) is 4.79 Å². The van der Waals surface area contributed by atoms with Gasteiger partial charge in [0.15, 0.2) is 9.84 Å². The van der Waals surface area contributed by atoms with E-state index < -0.39 is 15.8 Å². The third-order valence-electron chi connectivity index (χ3n) is 4.34. The van der Waals surface area contributed by atoms with Gasteiger partial charge in [-0.1, -0.05) is 0 Å². The van der Waals surface area contributed by atoms with Crippen molar-refractivity contribution in [3.05, 3.63) is 40.3 Å². The number of esters is 1. The number of carbonyl (C=O) groups is 2. The number of sulfone groups is 1. The van der Waals surface area contributed by atoms with Gasteiger partial charge in [-0.05, 0) is 50.1 Å². The number of hydrogen-bond donors (Lipinski definition) is 1. The molecule has 0 fully saturated rings. The molecular weight excluding hydrogens is 446 g/mol. The molecule has 0 spiro atoms. The second kappa shape index (κ2) is 9.84. The first-order valence-electron chi connectivity index (χ1n) is 9.50. The van der Waals surface area contributed by atoms with Crippen molar-refractivity contribution in [2.24, 2.45) is 0 Å². The summed E-state index contributed by atoms with van der Waals surface area (Å²) in [6.45, 7) is 4.40. The van der Waals surface area contributed by atoms with Gasteiger partial charge in [0.05, 0.1) is 36.0 Å². The zero-order valence-electron chi connectivity index (χ0n) is 16.7. The molecule has 1 aliphatic heterocycles. The van der Waals surface area contributed by atoms with Crippen LogP contribution in [0.1, 0.15) is 34.6 Å². The number of carbonyl (C=O) groups excluding carboxylic acids is 2. The molecule has 1 N–H and O–H groups in total. The Morgan fingerprint density at radius 2 is 1.90 bits per heavy atom. The molecule has 2 aromatic rings. The first-order valence-corrected chi connectivity index (χ1v) is 13.1. The van der Waals surface area contributed by atoms with Crippen LogP contribution in [0.3, 0.4) is 0 Å². The topological polar surface area (TPSA) is 98.8 Å². The highest BCUT2D eigenvalue weighted by Crippen LogP contribution is 2.38. The lowest BCUT2D eigenvalue weighted by atomic mass is 10.1. The van der Waals surface area contributed by atoms with Crippen molar-refractivity contribution in [2.45, 2.75) is 30.9 Å². The maximum Gasteiger partial charge on any atom is 0.341 e. The van der Waals surface area contributed by atoms with Gasteiger partial charge in [0.1, 0.15) is 10.8 Å². The zero-order valence-corrected chi connectivity index (χ0v) is 19.2. The van der Waals surface area contributed by atoms with E-state index in [1.807, 2.05) is 31.2 Å². The molecule has 10 heteroatoms. The number of thiophene rings is 1. The molecule has 0 aliphatic carbocycles. The smallest absolute Gasteiger partial charge is 0.341 e. The van der Waals surface area contributed by atoms with E-state index in [9.17, 15) is 18.0 Å². The van der Waals surface area contributed by atoms with Crippen molar-refractivity contribution in [2.75, 3.05) is 30.0 Å². The van der Waals surface area contributed by atoms with Gasteiger partial charge in [-0.2, -0.15) is 0 Å². The largest absolute Gasteiger partial charge is 0.494 e. The van der Waals surface area contributed by atoms with Crippen molar-refractivity contribution in [3.8, 4) is 5.75 Å². The standard InChI is InChI=1S/C20H23NO6S3/c1-3-26-13-5-7-14(8-6-13)28-11-17(22)21-19-18(20(23)27-4-2)15-9-10-30(24,25)12-16(15)29-19/h5-8H,3-4,9-12H2,1-2H3,(H,21,22). The zero-order chi connectivity index (χ0) is 21.7. The molecule has 1 amide bonds. The Hall–Kier alpha value is -2.04. The fourth-order valence-corrected chi connectivity index (χ4v) is 6.79. The van der Waals surface area contributed by atoms with Gasteiger partial charge in [-0.15, -0.1) is 23.1 Å². The third-order valence-corrected chi connectivity index (χ3v) is 8.24. The molecule has 1 aromatic heterocycles. The summed E-state index contributed by atoms with van der Waals surface area (Å²) in [6.07, 6.45) is 0.249. The predicted octanol–water partition coefficient (Wildman–Crippen LogP) is 3.53. The number of rotatable bonds is 8. The van der Waals surface area contributed by atoms with Crippen LogP contribution in [0.2, 0.25) is 0 Å². The van der Waals surface area contributed by atoms with Crippen LogP contribution in [0.4, 0.5) is 5.00 Å². The Labute approximate surface area is 184 Å². The highest BCUT2D eigenvalue weighted by atomic mass is 32.2. The molecule has 0 atom stereocenters. The predicted molar refractivity (Wildman–Crippen MR) is 118 cm³/mol. The molecule has 0 radical (unpaired) electrons. The lowest BCUT2D eigenvalue weighted by Gasteiger charge is -2.13. The van der Waals surface area contributed by atoms with E-state index in [1.165, 1.54) is 11.8 Å². The van der Waals surface area contributed by atoms with E-state index in [2.05, 4.69) is 5.32 Å². The SMILES string of the molecule is CCOC(=O)c1c(NC(=O)CSc2ccc(OCC)cc2)sc2c1CCS(=O)(=O)C2. The van der Waals surface area contributed by atoms with Crippen molar-refractivity contribution in [3.63, 3.8) is 0 Å². The van der Waals surface area contributed by atoms with Gasteiger partial charge in [0.25, 0.3) is 0 Å². The van der Waals surface area contributed by atoms with Crippen LogP contribution >= 0.6 is 23.1 Å². The van der Waals surface area contributed by atoms with Crippen LogP contribution in [-0.2, 0) is 31.5 Å². The van der Waals surface area contributed by atoms with Gasteiger partial charge < -0.3 is 14.8 Å². The molecule has 0 bridgehead atoms. The number of benzene rings is 1. The van der Waals surface area contributed by atoms with E-state index in [-0.39, 0.29) is 41.8 Å². The molecular formula is C20H23NO6S3. The van der Waals surface area contributed by atoms with E-state index in [0.717, 1.165) is 22.0 Å². The summed E-state index contributed by atoms with van der Waals surface area (Å²) in [5.74, 6) is -0.0219. The Kier molecular flexibility index (Phi) is 7.43. The van der Waals surface area contributed by atoms with Crippen molar-refractivity contribution >= 4 is 49.8 Å². The molecule has 0 saturated carbocycles. The Morgan fingerprint density at radius 1 is 1.17 bits per heavy atom. The minimum Gasteiger partial charge on any atom is -0.494 e. The average Bonchev–Trinajstić information content (AvgIpc) is 3.03. The van der Waals surface area contributed by atoms with Gasteiger partial charge in [-0.25, -0.2) is 13.2 Å². The quantitative estimate of drug-likeness (QED) is 0.466. The van der Waals surface area contributed by atoms with Gasteiger partial charge in [0, 0.05) is 9.77 Å². The number of ether oxygens (including phenoxy) is 2. The van der Waals surface area contributed by atoms with E-state index in [0.29, 0.717) is 22.0 Å². The summed E-state index contributed by atoms with van der Waals surface area (Å²) >= 11 is 2.50. The number of nitrogens with one attached hydrogen (secondary N) is 1. The van der Waals surface area contributed by atoms with Crippen molar-refractivity contribution in [1.29, 1.82) is 0 Å². The highest BCUT2D eigenvalue weighted by Gasteiger charge is 2.32. The monoisotopic (exact) mass is 469 g/mol. The summed E-state index contributed by atoms with van der Waals surface area (Å²) in [5.41, 5.74) is 0.953. The number of thioether (sulfide) groups is 1. The Bertz CT molecular complexity index is 1030. The number of hydrogen-bond acceptors (Lipinski definition) is 8. The first kappa shape index (κ1) is 22.6. The van der Waals surface area contributed by atoms with Gasteiger partial charge in [0.2, 0.25) is 5.91 Å². The molecule has 0 unspecified atom stereocenters. The summed E-state index contributed by atoms with van der Waals surface area (Å²) in [7, 11) is -3.19. The lowest BCUT2D eigenvalue weighted by molar-refractivity contribution is -0.113. The summed E-state index contributed by atoms with van der Waals surface area (Å²) in [4.78, 5) is 26.5. The second-order valence-electron chi connectivity index (χ2n) is 6.51. The maximum absolute atomic E-state index is 12.5. The minimum absolute atomic E-state index is 0.00980. The molecule has 3 rings (SSSR count). The average molecular weight is 470 g/mol. The fraction of sp³-hybridized carbons (Fsp3) is 0.400. The van der Waals surface area contributed by atoms with Crippen LogP contribution in [-0.4, -0.2) is 45.0 Å². The molecule has 1 aliphatic rings. The van der Waals surface area contributed by atoms with Crippen LogP contribution in [0.5, 0.6) is 5.75 Å². The highest BCUT2D eigenvalue weighted by molar-refractivity contribution is 8.00. The number of amides is 1. The first-order chi connectivity index (χ1) is 14.3. The Morgan fingerprint density at radius 3 is 2.57 bits per heavy atom. The van der Waals surface area contributed by atoms with Gasteiger partial charge >= 0.3 is 5.97 Å². The van der Waals surface area contributed by atoms with Crippen LogP contribution in [0.25, 0.3) is 0 Å². The Balaban J connectivity index is 1.72. The molecule has 30 heavy (non-hydrogen) atoms. The van der Waals surface area contributed by atoms with Crippen LogP contribution < -0.4 is 10.1 Å². The number of anilines is 1. The fourth-order valence-electron chi connectivity index (χ4n) is 3.04.